The van der Waals surface area contributed by atoms with Gasteiger partial charge in [-0.15, -0.1) is 0 Å². The van der Waals surface area contributed by atoms with E-state index in [1.54, 1.807) is 45.3 Å². The van der Waals surface area contributed by atoms with Crippen LogP contribution in [0.3, 0.4) is 0 Å². The largest absolute Gasteiger partial charge is 0.492 e. The number of H-pyrrole nitrogens is 1. The van der Waals surface area contributed by atoms with Gasteiger partial charge in [-0.1, -0.05) is 30.3 Å². The zero-order chi connectivity index (χ0) is 51.5. The lowest BCUT2D eigenvalue weighted by Gasteiger charge is -2.48. The number of aromatic amines is 1. The molecule has 0 aliphatic carbocycles. The highest BCUT2D eigenvalue weighted by molar-refractivity contribution is 7.92. The zero-order valence-electron chi connectivity index (χ0n) is 43.7. The SMILES string of the molecule is Cc1[nH]nc(Nc2ncnc3cc(OCCCN4CCN(C(=O)c5cnc(N6CCN(C[C@H]7CN(C(=O)OC(C)(C)C)[C@@H](C)CN7Cc7ccccc7)[C@H](C)C6)nc5)CC4)c(S(=O)(=O)C(C)(C)C)cc23)c1C. The minimum Gasteiger partial charge on any atom is -0.492 e. The Kier molecular flexibility index (Phi) is 15.7. The number of aromatic nitrogens is 6. The van der Waals surface area contributed by atoms with E-state index in [9.17, 15) is 18.0 Å². The molecule has 3 aliphatic heterocycles. The standard InChI is InChI=1S/C52H73N13O6S/c1-35-29-63(23-22-62(35)32-41-33-65(50(67)71-51(5,6)7)36(2)30-64(41)31-39-15-12-11-13-16-39)49-53-27-40(28-54-49)48(66)61-20-18-60(19-21-61)17-14-24-70-44-26-43-42(25-45(44)72(68,69)52(8,9)10)47(56-34-55-43)57-46-37(3)38(4)58-59-46/h11-13,15-16,25-28,34-36,41H,14,17-24,29-33H2,1-10H3,(H2,55,56,57,58,59)/t35-,36+,41+/m1/s1. The van der Waals surface area contributed by atoms with Crippen LogP contribution in [0.4, 0.5) is 22.4 Å². The summed E-state index contributed by atoms with van der Waals surface area (Å²) in [5, 5.41) is 11.1. The predicted molar refractivity (Wildman–Crippen MR) is 279 cm³/mol. The van der Waals surface area contributed by atoms with E-state index in [2.05, 4.69) is 83.2 Å². The lowest BCUT2D eigenvalue weighted by molar-refractivity contribution is -0.0227. The number of anilines is 3. The topological polar surface area (TPSA) is 198 Å². The van der Waals surface area contributed by atoms with Crippen molar-refractivity contribution < 1.29 is 27.5 Å². The number of rotatable bonds is 14. The maximum absolute atomic E-state index is 14.0. The van der Waals surface area contributed by atoms with Gasteiger partial charge in [0.05, 0.1) is 22.4 Å². The Balaban J connectivity index is 0.823. The fourth-order valence-corrected chi connectivity index (χ4v) is 10.9. The van der Waals surface area contributed by atoms with E-state index >= 15 is 0 Å². The van der Waals surface area contributed by atoms with Crippen molar-refractivity contribution in [1.29, 1.82) is 0 Å². The van der Waals surface area contributed by atoms with Gasteiger partial charge >= 0.3 is 6.09 Å². The van der Waals surface area contributed by atoms with E-state index < -0.39 is 20.2 Å². The average molecular weight is 1010 g/mol. The first-order chi connectivity index (χ1) is 34.1. The summed E-state index contributed by atoms with van der Waals surface area (Å²) in [5.74, 6) is 1.81. The summed E-state index contributed by atoms with van der Waals surface area (Å²) in [6, 6.07) is 14.1. The van der Waals surface area contributed by atoms with Crippen LogP contribution < -0.4 is 15.0 Å². The van der Waals surface area contributed by atoms with Crippen molar-refractivity contribution in [1.82, 2.24) is 54.6 Å². The normalized spacial score (nSPS) is 20.0. The quantitative estimate of drug-likeness (QED) is 0.117. The molecular weight excluding hydrogens is 935 g/mol. The molecule has 0 spiro atoms. The molecule has 0 radical (unpaired) electrons. The average Bonchev–Trinajstić information content (AvgIpc) is 3.65. The molecule has 20 heteroatoms. The molecule has 3 fully saturated rings. The Morgan fingerprint density at radius 1 is 0.833 bits per heavy atom. The van der Waals surface area contributed by atoms with E-state index in [-0.39, 0.29) is 40.8 Å². The summed E-state index contributed by atoms with van der Waals surface area (Å²) in [5.41, 5.74) is 3.53. The van der Waals surface area contributed by atoms with Crippen LogP contribution in [0.15, 0.2) is 66.1 Å². The highest BCUT2D eigenvalue weighted by Crippen LogP contribution is 2.37. The molecule has 3 aromatic heterocycles. The van der Waals surface area contributed by atoms with Crippen molar-refractivity contribution in [3.05, 3.63) is 83.6 Å². The molecular formula is C52H73N13O6S. The fraction of sp³-hybridized carbons (Fsp3) is 0.558. The van der Waals surface area contributed by atoms with Gasteiger partial charge in [-0.05, 0) is 87.3 Å². The third-order valence-electron chi connectivity index (χ3n) is 14.0. The molecule has 19 nitrogen and oxygen atoms in total. The minimum atomic E-state index is -3.83. The maximum atomic E-state index is 14.0. The molecule has 3 atom stereocenters. The van der Waals surface area contributed by atoms with Crippen LogP contribution in [0.2, 0.25) is 0 Å². The highest BCUT2D eigenvalue weighted by Gasteiger charge is 2.39. The molecule has 6 heterocycles. The molecule has 0 bridgehead atoms. The molecule has 72 heavy (non-hydrogen) atoms. The summed E-state index contributed by atoms with van der Waals surface area (Å²) in [7, 11) is -3.83. The minimum absolute atomic E-state index is 0.0177. The molecule has 5 aromatic rings. The van der Waals surface area contributed by atoms with Gasteiger partial charge in [0.1, 0.15) is 28.4 Å². The number of hydrogen-bond donors (Lipinski definition) is 2. The van der Waals surface area contributed by atoms with Gasteiger partial charge in [0.15, 0.2) is 15.7 Å². The van der Waals surface area contributed by atoms with Gasteiger partial charge in [0.2, 0.25) is 5.95 Å². The first-order valence-corrected chi connectivity index (χ1v) is 26.7. The van der Waals surface area contributed by atoms with Crippen molar-refractivity contribution in [2.75, 3.05) is 88.8 Å². The van der Waals surface area contributed by atoms with Crippen LogP contribution in [-0.2, 0) is 21.1 Å². The lowest BCUT2D eigenvalue weighted by atomic mass is 10.0. The van der Waals surface area contributed by atoms with Gasteiger partial charge in [-0.2, -0.15) is 5.10 Å². The van der Waals surface area contributed by atoms with Crippen molar-refractivity contribution >= 4 is 50.3 Å². The summed E-state index contributed by atoms with van der Waals surface area (Å²) in [4.78, 5) is 58.6. The Morgan fingerprint density at radius 3 is 2.21 bits per heavy atom. The monoisotopic (exact) mass is 1010 g/mol. The first-order valence-electron chi connectivity index (χ1n) is 25.2. The highest BCUT2D eigenvalue weighted by atomic mass is 32.2. The van der Waals surface area contributed by atoms with E-state index in [1.165, 1.54) is 11.9 Å². The lowest BCUT2D eigenvalue weighted by Crippen LogP contribution is -2.63. The number of piperazine rings is 3. The fourth-order valence-electron chi connectivity index (χ4n) is 9.55. The maximum Gasteiger partial charge on any atom is 0.410 e. The number of carbonyl (C=O) groups is 2. The summed E-state index contributed by atoms with van der Waals surface area (Å²) in [6.07, 6.45) is 5.11. The second-order valence-electron chi connectivity index (χ2n) is 21.5. The Labute approximate surface area is 424 Å². The molecule has 2 aromatic carbocycles. The molecule has 2 amide bonds. The number of aryl methyl sites for hydroxylation is 1. The number of ether oxygens (including phenoxy) is 2. The van der Waals surface area contributed by atoms with Gasteiger partial charge in [-0.25, -0.2) is 33.1 Å². The van der Waals surface area contributed by atoms with E-state index in [4.69, 9.17) is 19.4 Å². The molecule has 388 valence electrons. The number of sulfone groups is 1. The smallest absolute Gasteiger partial charge is 0.410 e. The van der Waals surface area contributed by atoms with Gasteiger partial charge in [-0.3, -0.25) is 24.6 Å². The second-order valence-corrected chi connectivity index (χ2v) is 24.2. The summed E-state index contributed by atoms with van der Waals surface area (Å²) < 4.78 is 38.9. The Bertz CT molecular complexity index is 2790. The van der Waals surface area contributed by atoms with E-state index in [0.29, 0.717) is 79.8 Å². The van der Waals surface area contributed by atoms with Crippen LogP contribution in [-0.4, -0.2) is 182 Å². The van der Waals surface area contributed by atoms with Crippen LogP contribution in [0.5, 0.6) is 5.75 Å². The predicted octanol–water partition coefficient (Wildman–Crippen LogP) is 6.32. The first kappa shape index (κ1) is 52.4. The molecule has 0 unspecified atom stereocenters. The van der Waals surface area contributed by atoms with Gasteiger partial charge < -0.3 is 29.5 Å². The number of amides is 2. The van der Waals surface area contributed by atoms with Crippen molar-refractivity contribution in [3.8, 4) is 5.75 Å². The van der Waals surface area contributed by atoms with Gasteiger partial charge in [0.25, 0.3) is 5.91 Å². The molecule has 3 aliphatic rings. The van der Waals surface area contributed by atoms with Crippen LogP contribution in [0.1, 0.15) is 89.0 Å². The molecule has 3 saturated heterocycles. The molecule has 8 rings (SSSR count). The molecule has 0 saturated carbocycles. The number of nitrogens with one attached hydrogen (secondary N) is 2. The van der Waals surface area contributed by atoms with Crippen LogP contribution >= 0.6 is 0 Å². The number of benzene rings is 2. The third kappa shape index (κ3) is 12.1. The number of nitrogens with zero attached hydrogens (tertiary/aromatic N) is 11. The summed E-state index contributed by atoms with van der Waals surface area (Å²) >= 11 is 0. The van der Waals surface area contributed by atoms with Crippen molar-refractivity contribution in [3.63, 3.8) is 0 Å². The van der Waals surface area contributed by atoms with Crippen LogP contribution in [0.25, 0.3) is 10.9 Å². The van der Waals surface area contributed by atoms with Crippen molar-refractivity contribution in [2.24, 2.45) is 0 Å². The van der Waals surface area contributed by atoms with E-state index in [0.717, 1.165) is 57.1 Å². The van der Waals surface area contributed by atoms with Crippen molar-refractivity contribution in [2.45, 2.75) is 116 Å². The summed E-state index contributed by atoms with van der Waals surface area (Å²) in [6.45, 7) is 27.7. The van der Waals surface area contributed by atoms with E-state index in [1.807, 2.05) is 50.5 Å². The number of fused-ring (bicyclic) bond motifs is 1. The number of carbonyl (C=O) groups excluding carboxylic acids is 2. The van der Waals surface area contributed by atoms with Gasteiger partial charge in [0, 0.05) is 132 Å². The Morgan fingerprint density at radius 2 is 1.56 bits per heavy atom. The van der Waals surface area contributed by atoms with Crippen LogP contribution in [0, 0.1) is 13.8 Å². The number of hydrogen-bond acceptors (Lipinski definition) is 16. The third-order valence-corrected chi connectivity index (χ3v) is 16.5. The zero-order valence-corrected chi connectivity index (χ0v) is 44.5. The molecule has 2 N–H and O–H groups in total. The Hall–Kier alpha value is -5.96. The second kappa shape index (κ2) is 21.6.